The van der Waals surface area contributed by atoms with Crippen LogP contribution in [0.5, 0.6) is 0 Å². The van der Waals surface area contributed by atoms with Crippen LogP contribution < -0.4 is 10.6 Å². The smallest absolute Gasteiger partial charge is 0.337 e. The second-order valence-corrected chi connectivity index (χ2v) is 7.37. The van der Waals surface area contributed by atoms with E-state index in [4.69, 9.17) is 4.74 Å². The first-order valence-corrected chi connectivity index (χ1v) is 9.36. The number of esters is 1. The number of ether oxygens (including phenoxy) is 1. The molecule has 0 saturated heterocycles. The predicted molar refractivity (Wildman–Crippen MR) is 98.4 cm³/mol. The number of allylic oxidation sites excluding steroid dienone is 1. The minimum Gasteiger partial charge on any atom is -0.466 e. The number of nitrogens with zero attached hydrogens (tertiary/aromatic N) is 2. The first-order chi connectivity index (χ1) is 12.8. The third kappa shape index (κ3) is 3.41. The molecule has 2 aromatic heterocycles. The summed E-state index contributed by atoms with van der Waals surface area (Å²) in [7, 11) is 1.22. The van der Waals surface area contributed by atoms with Gasteiger partial charge in [-0.3, -0.25) is 25.5 Å². The van der Waals surface area contributed by atoms with Crippen LogP contribution in [0.3, 0.4) is 0 Å². The number of carbonyl (C=O) groups excluding carboxylic acids is 1. The van der Waals surface area contributed by atoms with Crippen molar-refractivity contribution in [2.45, 2.75) is 19.1 Å². The molecule has 0 unspecified atom stereocenters. The normalized spacial score (nSPS) is 19.5. The van der Waals surface area contributed by atoms with E-state index < -0.39 is 28.0 Å². The quantitative estimate of drug-likeness (QED) is 0.436. The van der Waals surface area contributed by atoms with Gasteiger partial charge in [0, 0.05) is 5.70 Å². The fourth-order valence-electron chi connectivity index (χ4n) is 2.95. The Balaban J connectivity index is 2.10. The molecule has 0 fully saturated rings. The molecule has 3 heterocycles. The number of hydrogen-bond donors (Lipinski definition) is 2. The lowest BCUT2D eigenvalue weighted by Crippen LogP contribution is -2.44. The highest BCUT2D eigenvalue weighted by molar-refractivity contribution is 7.13. The molecule has 0 amide bonds. The van der Waals surface area contributed by atoms with Crippen LogP contribution in [-0.4, -0.2) is 22.9 Å². The summed E-state index contributed by atoms with van der Waals surface area (Å²) in [5, 5.41) is 31.7. The van der Waals surface area contributed by atoms with Crippen LogP contribution in [0.25, 0.3) is 0 Å². The van der Waals surface area contributed by atoms with Gasteiger partial charge in [-0.05, 0) is 29.8 Å². The molecule has 0 bridgehead atoms. The predicted octanol–water partition coefficient (Wildman–Crippen LogP) is 3.01. The van der Waals surface area contributed by atoms with Crippen molar-refractivity contribution in [1.82, 2.24) is 10.6 Å². The van der Waals surface area contributed by atoms with Crippen molar-refractivity contribution < 1.29 is 19.4 Å². The van der Waals surface area contributed by atoms with Crippen molar-refractivity contribution >= 4 is 38.6 Å². The van der Waals surface area contributed by atoms with Crippen LogP contribution in [0.15, 0.2) is 34.2 Å². The van der Waals surface area contributed by atoms with E-state index in [1.165, 1.54) is 7.11 Å². The molecule has 0 spiro atoms. The summed E-state index contributed by atoms with van der Waals surface area (Å²) >= 11 is 1.92. The number of rotatable bonds is 5. The molecule has 0 aromatic carbocycles. The van der Waals surface area contributed by atoms with Gasteiger partial charge in [-0.2, -0.15) is 0 Å². The number of hydrogen-bond acceptors (Lipinski definition) is 10. The average molecular weight is 410 g/mol. The molecule has 3 rings (SSSR count). The largest absolute Gasteiger partial charge is 0.466 e. The lowest BCUT2D eigenvalue weighted by Gasteiger charge is -2.33. The van der Waals surface area contributed by atoms with E-state index in [9.17, 15) is 25.0 Å². The minimum atomic E-state index is -0.852. The van der Waals surface area contributed by atoms with E-state index in [1.54, 1.807) is 29.8 Å². The Morgan fingerprint density at radius 1 is 1.11 bits per heavy atom. The molecule has 1 aliphatic rings. The minimum absolute atomic E-state index is 0.0483. The molecule has 142 valence electrons. The fourth-order valence-corrected chi connectivity index (χ4v) is 4.46. The van der Waals surface area contributed by atoms with Crippen LogP contribution in [0.1, 0.15) is 30.3 Å². The summed E-state index contributed by atoms with van der Waals surface area (Å²) < 4.78 is 4.83. The number of methoxy groups -OCH3 is 1. The monoisotopic (exact) mass is 410 g/mol. The summed E-state index contributed by atoms with van der Waals surface area (Å²) in [5.41, 5.74) is 1.30. The molecule has 2 aromatic rings. The highest BCUT2D eigenvalue weighted by atomic mass is 32.1. The number of nitrogens with one attached hydrogen (secondary N) is 2. The molecule has 1 aliphatic heterocycles. The van der Waals surface area contributed by atoms with Gasteiger partial charge in [0.15, 0.2) is 0 Å². The maximum absolute atomic E-state index is 12.3. The Kier molecular flexibility index (Phi) is 5.21. The number of thiophene rings is 2. The maximum atomic E-state index is 12.3. The Morgan fingerprint density at radius 3 is 2.22 bits per heavy atom. The maximum Gasteiger partial charge on any atom is 0.337 e. The van der Waals surface area contributed by atoms with Gasteiger partial charge < -0.3 is 10.1 Å². The van der Waals surface area contributed by atoms with Crippen molar-refractivity contribution in [2.24, 2.45) is 0 Å². The molecule has 2 atom stereocenters. The van der Waals surface area contributed by atoms with Gasteiger partial charge in [-0.1, -0.05) is 22.7 Å². The molecule has 10 nitrogen and oxygen atoms in total. The van der Waals surface area contributed by atoms with Crippen molar-refractivity contribution in [3.05, 3.63) is 65.5 Å². The van der Waals surface area contributed by atoms with Crippen LogP contribution in [0.2, 0.25) is 0 Å². The van der Waals surface area contributed by atoms with Crippen molar-refractivity contribution in [2.75, 3.05) is 7.11 Å². The first-order valence-electron chi connectivity index (χ1n) is 7.60. The third-order valence-corrected chi connectivity index (χ3v) is 5.85. The van der Waals surface area contributed by atoms with E-state index in [1.807, 2.05) is 0 Å². The third-order valence-electron chi connectivity index (χ3n) is 4.09. The summed E-state index contributed by atoms with van der Waals surface area (Å²) in [6.45, 7) is 1.63. The Labute approximate surface area is 160 Å². The zero-order valence-electron chi connectivity index (χ0n) is 14.1. The lowest BCUT2D eigenvalue weighted by molar-refractivity contribution is -0.381. The second-order valence-electron chi connectivity index (χ2n) is 5.58. The van der Waals surface area contributed by atoms with Crippen molar-refractivity contribution in [3.63, 3.8) is 0 Å². The van der Waals surface area contributed by atoms with Crippen molar-refractivity contribution in [3.8, 4) is 0 Å². The van der Waals surface area contributed by atoms with E-state index in [0.29, 0.717) is 16.8 Å². The molecule has 0 radical (unpaired) electrons. The van der Waals surface area contributed by atoms with Gasteiger partial charge in [0.2, 0.25) is 0 Å². The average Bonchev–Trinajstić information content (AvgIpc) is 3.29. The van der Waals surface area contributed by atoms with E-state index in [2.05, 4.69) is 10.6 Å². The van der Waals surface area contributed by atoms with Gasteiger partial charge in [0.1, 0.15) is 6.17 Å². The van der Waals surface area contributed by atoms with Crippen LogP contribution >= 0.6 is 22.7 Å². The Bertz CT molecular complexity index is 950. The van der Waals surface area contributed by atoms with Gasteiger partial charge in [-0.25, -0.2) is 4.79 Å². The topological polar surface area (TPSA) is 137 Å². The zero-order chi connectivity index (χ0) is 19.7. The van der Waals surface area contributed by atoms with Crippen LogP contribution in [-0.2, 0) is 9.53 Å². The first kappa shape index (κ1) is 18.9. The van der Waals surface area contributed by atoms with E-state index >= 15 is 0 Å². The van der Waals surface area contributed by atoms with Gasteiger partial charge >= 0.3 is 16.0 Å². The van der Waals surface area contributed by atoms with E-state index in [-0.39, 0.29) is 15.6 Å². The molecular formula is C15H14N4O6S2. The number of carbonyl (C=O) groups is 1. The molecule has 27 heavy (non-hydrogen) atoms. The Morgan fingerprint density at radius 2 is 1.67 bits per heavy atom. The standard InChI is InChI=1S/C15H14N4O6S2/c1-7-10(15(20)25-2)11(8-3-5-26-13(8)18(21)22)17-12(16-7)9-4-6-27-14(9)19(23)24/h3-6,11-12,16-17H,1-2H3/t11-,12+/m1/s1. The van der Waals surface area contributed by atoms with Crippen molar-refractivity contribution in [1.29, 1.82) is 0 Å². The second kappa shape index (κ2) is 7.42. The zero-order valence-corrected chi connectivity index (χ0v) is 15.8. The SMILES string of the molecule is COC(=O)C1=C(C)N[C@H](c2ccsc2[N+](=O)[O-])N[C@@H]1c1ccsc1[N+](=O)[O-]. The van der Waals surface area contributed by atoms with Gasteiger partial charge in [-0.15, -0.1) is 0 Å². The van der Waals surface area contributed by atoms with Crippen LogP contribution in [0.4, 0.5) is 10.0 Å². The van der Waals surface area contributed by atoms with Gasteiger partial charge in [0.25, 0.3) is 0 Å². The Hall–Kier alpha value is -2.83. The molecule has 12 heteroatoms. The summed E-state index contributed by atoms with van der Waals surface area (Å²) in [6.07, 6.45) is -0.699. The summed E-state index contributed by atoms with van der Waals surface area (Å²) in [6, 6.07) is 2.30. The lowest BCUT2D eigenvalue weighted by atomic mass is 9.95. The molecule has 0 aliphatic carbocycles. The van der Waals surface area contributed by atoms with Gasteiger partial charge in [0.05, 0.1) is 39.7 Å². The number of nitro groups is 2. The highest BCUT2D eigenvalue weighted by Crippen LogP contribution is 2.40. The summed E-state index contributed by atoms with van der Waals surface area (Å²) in [5.74, 6) is -0.642. The van der Waals surface area contributed by atoms with E-state index in [0.717, 1.165) is 22.7 Å². The molecule has 2 N–H and O–H groups in total. The summed E-state index contributed by atoms with van der Waals surface area (Å²) in [4.78, 5) is 33.9. The fraction of sp³-hybridized carbons (Fsp3) is 0.267. The van der Waals surface area contributed by atoms with Crippen LogP contribution in [0, 0.1) is 20.2 Å². The highest BCUT2D eigenvalue weighted by Gasteiger charge is 2.39. The molecular weight excluding hydrogens is 396 g/mol. The molecule has 0 saturated carbocycles.